The molecule has 0 atom stereocenters. The second-order valence-corrected chi connectivity index (χ2v) is 5.83. The van der Waals surface area contributed by atoms with Crippen LogP contribution in [0.2, 0.25) is 0 Å². The van der Waals surface area contributed by atoms with Crippen molar-refractivity contribution in [1.29, 1.82) is 0 Å². The van der Waals surface area contributed by atoms with Gasteiger partial charge in [-0.3, -0.25) is 4.40 Å². The van der Waals surface area contributed by atoms with Gasteiger partial charge in [-0.1, -0.05) is 25.1 Å². The van der Waals surface area contributed by atoms with Crippen molar-refractivity contribution in [3.05, 3.63) is 52.5 Å². The summed E-state index contributed by atoms with van der Waals surface area (Å²) in [7, 11) is 0. The van der Waals surface area contributed by atoms with Gasteiger partial charge in [-0.05, 0) is 51.3 Å². The number of aromatic nitrogens is 3. The van der Waals surface area contributed by atoms with Gasteiger partial charge >= 0.3 is 0 Å². The van der Waals surface area contributed by atoms with Crippen LogP contribution in [0.15, 0.2) is 24.3 Å². The van der Waals surface area contributed by atoms with Crippen molar-refractivity contribution in [3.8, 4) is 0 Å². The second-order valence-electron chi connectivity index (χ2n) is 5.83. The molecule has 114 valence electrons. The molecule has 4 heteroatoms. The molecule has 2 heterocycles. The predicted molar refractivity (Wildman–Crippen MR) is 91.0 cm³/mol. The molecule has 0 fully saturated rings. The van der Waals surface area contributed by atoms with Crippen molar-refractivity contribution < 1.29 is 0 Å². The highest BCUT2D eigenvalue weighted by molar-refractivity contribution is 5.68. The molecule has 0 amide bonds. The van der Waals surface area contributed by atoms with Gasteiger partial charge in [-0.15, -0.1) is 0 Å². The van der Waals surface area contributed by atoms with Crippen LogP contribution in [-0.4, -0.2) is 14.4 Å². The average molecular weight is 294 g/mol. The Kier molecular flexibility index (Phi) is 3.61. The van der Waals surface area contributed by atoms with Crippen molar-refractivity contribution in [2.45, 2.75) is 41.0 Å². The van der Waals surface area contributed by atoms with Gasteiger partial charge in [0.15, 0.2) is 0 Å². The van der Waals surface area contributed by atoms with Gasteiger partial charge in [-0.2, -0.15) is 0 Å². The van der Waals surface area contributed by atoms with Gasteiger partial charge in [-0.25, -0.2) is 9.97 Å². The number of nitrogens with zero attached hydrogens (tertiary/aromatic N) is 3. The van der Waals surface area contributed by atoms with Crippen LogP contribution in [0.5, 0.6) is 0 Å². The summed E-state index contributed by atoms with van der Waals surface area (Å²) in [6.07, 6.45) is 0.870. The van der Waals surface area contributed by atoms with Crippen LogP contribution >= 0.6 is 0 Å². The Morgan fingerprint density at radius 1 is 1.05 bits per heavy atom. The SMILES string of the molecule is CCc1nc2nc(C)cc(C)n2c1Nc1c(C)cccc1C. The molecule has 0 spiro atoms. The first-order valence-electron chi connectivity index (χ1n) is 7.70. The zero-order valence-electron chi connectivity index (χ0n) is 13.9. The Balaban J connectivity index is 2.22. The van der Waals surface area contributed by atoms with E-state index >= 15 is 0 Å². The summed E-state index contributed by atoms with van der Waals surface area (Å²) in [5.41, 5.74) is 6.80. The minimum Gasteiger partial charge on any atom is -0.339 e. The van der Waals surface area contributed by atoms with Crippen LogP contribution in [0.3, 0.4) is 0 Å². The van der Waals surface area contributed by atoms with Crippen molar-refractivity contribution in [3.63, 3.8) is 0 Å². The lowest BCUT2D eigenvalue weighted by molar-refractivity contribution is 1.02. The standard InChI is InChI=1S/C18H22N4/c1-6-15-17(21-16-11(2)8-7-9-12(16)3)22-14(5)10-13(4)19-18(22)20-15/h7-10,21H,6H2,1-5H3. The lowest BCUT2D eigenvalue weighted by Crippen LogP contribution is -2.04. The number of aryl methyl sites for hydroxylation is 5. The monoisotopic (exact) mass is 294 g/mol. The first-order valence-corrected chi connectivity index (χ1v) is 7.70. The van der Waals surface area contributed by atoms with Gasteiger partial charge in [0.05, 0.1) is 5.69 Å². The molecule has 0 radical (unpaired) electrons. The predicted octanol–water partition coefficient (Wildman–Crippen LogP) is 4.27. The number of para-hydroxylation sites is 1. The molecular weight excluding hydrogens is 272 g/mol. The van der Waals surface area contributed by atoms with E-state index < -0.39 is 0 Å². The number of benzene rings is 1. The molecule has 0 saturated carbocycles. The van der Waals surface area contributed by atoms with E-state index in [1.807, 2.05) is 6.92 Å². The molecule has 0 unspecified atom stereocenters. The summed E-state index contributed by atoms with van der Waals surface area (Å²) in [5, 5.41) is 3.60. The molecule has 0 bridgehead atoms. The molecule has 0 saturated heterocycles. The summed E-state index contributed by atoms with van der Waals surface area (Å²) in [6.45, 7) is 10.5. The Morgan fingerprint density at radius 2 is 1.73 bits per heavy atom. The first kappa shape index (κ1) is 14.6. The van der Waals surface area contributed by atoms with Gasteiger partial charge in [0.25, 0.3) is 0 Å². The van der Waals surface area contributed by atoms with E-state index in [4.69, 9.17) is 4.98 Å². The van der Waals surface area contributed by atoms with Gasteiger partial charge in [0, 0.05) is 17.1 Å². The van der Waals surface area contributed by atoms with Crippen molar-refractivity contribution in [1.82, 2.24) is 14.4 Å². The Labute approximate surface area is 131 Å². The lowest BCUT2D eigenvalue weighted by Gasteiger charge is -2.14. The third kappa shape index (κ3) is 2.34. The second kappa shape index (κ2) is 5.44. The van der Waals surface area contributed by atoms with E-state index in [0.29, 0.717) is 0 Å². The van der Waals surface area contributed by atoms with Crippen molar-refractivity contribution >= 4 is 17.3 Å². The number of imidazole rings is 1. The molecule has 22 heavy (non-hydrogen) atoms. The van der Waals surface area contributed by atoms with Crippen molar-refractivity contribution in [2.24, 2.45) is 0 Å². The largest absolute Gasteiger partial charge is 0.339 e. The smallest absolute Gasteiger partial charge is 0.236 e. The third-order valence-electron chi connectivity index (χ3n) is 4.04. The van der Waals surface area contributed by atoms with Crippen LogP contribution in [0.25, 0.3) is 5.78 Å². The molecule has 3 aromatic rings. The molecule has 3 rings (SSSR count). The number of hydrogen-bond acceptors (Lipinski definition) is 3. The van der Waals surface area contributed by atoms with Gasteiger partial charge in [0.1, 0.15) is 5.82 Å². The number of fused-ring (bicyclic) bond motifs is 1. The fourth-order valence-corrected chi connectivity index (χ4v) is 2.92. The fourth-order valence-electron chi connectivity index (χ4n) is 2.92. The molecule has 0 aliphatic heterocycles. The highest BCUT2D eigenvalue weighted by Crippen LogP contribution is 2.28. The number of nitrogens with one attached hydrogen (secondary N) is 1. The number of hydrogen-bond donors (Lipinski definition) is 1. The molecular formula is C18H22N4. The number of rotatable bonds is 3. The number of anilines is 2. The minimum absolute atomic E-state index is 0.767. The van der Waals surface area contributed by atoms with Crippen LogP contribution in [0.4, 0.5) is 11.5 Å². The zero-order valence-corrected chi connectivity index (χ0v) is 13.9. The van der Waals surface area contributed by atoms with E-state index in [9.17, 15) is 0 Å². The van der Waals surface area contributed by atoms with Crippen LogP contribution in [0, 0.1) is 27.7 Å². The van der Waals surface area contributed by atoms with E-state index in [1.165, 1.54) is 11.1 Å². The Morgan fingerprint density at radius 3 is 2.36 bits per heavy atom. The summed E-state index contributed by atoms with van der Waals surface area (Å²) in [4.78, 5) is 9.26. The van der Waals surface area contributed by atoms with Gasteiger partial charge < -0.3 is 5.32 Å². The Bertz CT molecular complexity index is 826. The summed E-state index contributed by atoms with van der Waals surface area (Å²) in [6, 6.07) is 8.42. The fraction of sp³-hybridized carbons (Fsp3) is 0.333. The van der Waals surface area contributed by atoms with Crippen molar-refractivity contribution in [2.75, 3.05) is 5.32 Å². The zero-order chi connectivity index (χ0) is 15.9. The maximum absolute atomic E-state index is 4.70. The van der Waals surface area contributed by atoms with E-state index in [2.05, 4.69) is 66.7 Å². The molecule has 4 nitrogen and oxygen atoms in total. The summed E-state index contributed by atoms with van der Waals surface area (Å²) in [5.74, 6) is 1.79. The molecule has 1 N–H and O–H groups in total. The summed E-state index contributed by atoms with van der Waals surface area (Å²) >= 11 is 0. The maximum Gasteiger partial charge on any atom is 0.236 e. The van der Waals surface area contributed by atoms with E-state index in [-0.39, 0.29) is 0 Å². The highest BCUT2D eigenvalue weighted by atomic mass is 15.2. The first-order chi connectivity index (χ1) is 10.5. The van der Waals surface area contributed by atoms with Crippen LogP contribution in [0.1, 0.15) is 35.1 Å². The van der Waals surface area contributed by atoms with Gasteiger partial charge in [0.2, 0.25) is 5.78 Å². The van der Waals surface area contributed by atoms with Crippen LogP contribution in [-0.2, 0) is 6.42 Å². The molecule has 0 aliphatic rings. The average Bonchev–Trinajstić information content (AvgIpc) is 2.80. The van der Waals surface area contributed by atoms with E-state index in [1.54, 1.807) is 0 Å². The summed E-state index contributed by atoms with van der Waals surface area (Å²) < 4.78 is 2.11. The van der Waals surface area contributed by atoms with Crippen LogP contribution < -0.4 is 5.32 Å². The maximum atomic E-state index is 4.70. The molecule has 2 aromatic heterocycles. The minimum atomic E-state index is 0.767. The van der Waals surface area contributed by atoms with E-state index in [0.717, 1.165) is 40.8 Å². The quantitative estimate of drug-likeness (QED) is 0.784. The topological polar surface area (TPSA) is 42.2 Å². The molecule has 0 aliphatic carbocycles. The normalized spacial score (nSPS) is 11.1. The Hall–Kier alpha value is -2.36. The molecule has 1 aromatic carbocycles. The lowest BCUT2D eigenvalue weighted by atomic mass is 10.1. The third-order valence-corrected chi connectivity index (χ3v) is 4.04. The highest BCUT2D eigenvalue weighted by Gasteiger charge is 2.15.